The van der Waals surface area contributed by atoms with Crippen LogP contribution < -0.4 is 10.7 Å². The summed E-state index contributed by atoms with van der Waals surface area (Å²) in [5.74, 6) is 0.607. The number of benzene rings is 2. The first kappa shape index (κ1) is 21.2. The zero-order chi connectivity index (χ0) is 22.1. The van der Waals surface area contributed by atoms with Crippen LogP contribution in [0.15, 0.2) is 52.3 Å². The highest BCUT2D eigenvalue weighted by Crippen LogP contribution is 2.33. The zero-order valence-corrected chi connectivity index (χ0v) is 19.0. The van der Waals surface area contributed by atoms with E-state index in [1.807, 2.05) is 37.3 Å². The van der Waals surface area contributed by atoms with Crippen molar-refractivity contribution in [2.75, 3.05) is 32.1 Å². The number of hydrogen-bond acceptors (Lipinski definition) is 5. The number of aromatic nitrogens is 1. The molecule has 2 aliphatic rings. The number of thioether (sulfide) groups is 1. The van der Waals surface area contributed by atoms with Gasteiger partial charge in [0.15, 0.2) is 0 Å². The van der Waals surface area contributed by atoms with Gasteiger partial charge < -0.3 is 14.6 Å². The number of hydrogen-bond donors (Lipinski definition) is 1. The van der Waals surface area contributed by atoms with Gasteiger partial charge in [-0.05, 0) is 30.2 Å². The van der Waals surface area contributed by atoms with Gasteiger partial charge in [0.05, 0.1) is 18.7 Å². The molecule has 0 bridgehead atoms. The van der Waals surface area contributed by atoms with Gasteiger partial charge in [0.2, 0.25) is 5.43 Å². The molecule has 1 amide bonds. The molecular formula is C25H27N3O3S. The maximum absolute atomic E-state index is 13.4. The van der Waals surface area contributed by atoms with Crippen molar-refractivity contribution in [2.45, 2.75) is 31.5 Å². The number of ether oxygens (including phenoxy) is 1. The predicted octanol–water partition coefficient (Wildman–Crippen LogP) is 3.18. The van der Waals surface area contributed by atoms with Gasteiger partial charge in [-0.15, -0.1) is 11.8 Å². The lowest BCUT2D eigenvalue weighted by Crippen LogP contribution is -2.35. The molecule has 7 heteroatoms. The van der Waals surface area contributed by atoms with E-state index in [-0.39, 0.29) is 16.9 Å². The predicted molar refractivity (Wildman–Crippen MR) is 127 cm³/mol. The van der Waals surface area contributed by atoms with Crippen molar-refractivity contribution < 1.29 is 9.53 Å². The number of nitrogens with one attached hydrogen (secondary N) is 1. The Kier molecular flexibility index (Phi) is 6.04. The molecule has 3 heterocycles. The summed E-state index contributed by atoms with van der Waals surface area (Å²) in [6, 6.07) is 12.2. The molecule has 3 aromatic rings. The monoisotopic (exact) mass is 449 g/mol. The van der Waals surface area contributed by atoms with Crippen LogP contribution in [-0.2, 0) is 24.4 Å². The molecular weight excluding hydrogens is 422 g/mol. The van der Waals surface area contributed by atoms with Gasteiger partial charge in [0.25, 0.3) is 5.91 Å². The summed E-state index contributed by atoms with van der Waals surface area (Å²) in [7, 11) is 0. The molecule has 6 nitrogen and oxygen atoms in total. The Morgan fingerprint density at radius 1 is 1.09 bits per heavy atom. The van der Waals surface area contributed by atoms with Crippen molar-refractivity contribution in [1.29, 1.82) is 0 Å². The molecule has 32 heavy (non-hydrogen) atoms. The third-order valence-electron chi connectivity index (χ3n) is 6.11. The Balaban J connectivity index is 1.47. The van der Waals surface area contributed by atoms with E-state index in [4.69, 9.17) is 4.74 Å². The number of carbonyl (C=O) groups is 1. The molecule has 5 rings (SSSR count). The quantitative estimate of drug-likeness (QED) is 0.648. The average Bonchev–Trinajstić information content (AvgIpc) is 2.81. The number of rotatable bonds is 5. The van der Waals surface area contributed by atoms with E-state index in [0.29, 0.717) is 11.9 Å². The summed E-state index contributed by atoms with van der Waals surface area (Å²) in [6.45, 7) is 7.28. The highest BCUT2D eigenvalue weighted by molar-refractivity contribution is 7.99. The van der Waals surface area contributed by atoms with E-state index in [2.05, 4.69) is 20.9 Å². The second-order valence-corrected chi connectivity index (χ2v) is 9.60. The van der Waals surface area contributed by atoms with Gasteiger partial charge in [0, 0.05) is 55.0 Å². The molecule has 1 saturated heterocycles. The number of pyridine rings is 1. The van der Waals surface area contributed by atoms with Crippen molar-refractivity contribution in [3.8, 4) is 0 Å². The maximum atomic E-state index is 13.4. The molecule has 2 aromatic carbocycles. The lowest BCUT2D eigenvalue weighted by atomic mass is 10.1. The van der Waals surface area contributed by atoms with Crippen molar-refractivity contribution in [3.05, 3.63) is 75.1 Å². The molecule has 1 fully saturated rings. The third-order valence-corrected chi connectivity index (χ3v) is 7.12. The van der Waals surface area contributed by atoms with Crippen molar-refractivity contribution >= 4 is 28.6 Å². The molecule has 1 aromatic heterocycles. The van der Waals surface area contributed by atoms with E-state index >= 15 is 0 Å². The van der Waals surface area contributed by atoms with Crippen molar-refractivity contribution in [1.82, 2.24) is 14.8 Å². The van der Waals surface area contributed by atoms with Gasteiger partial charge in [-0.3, -0.25) is 14.5 Å². The minimum atomic E-state index is -0.320. The SMILES string of the molecule is Cc1ccc(CNC(=O)c2cn3c4c(cc(CN5CCOCC5)cc4c2=O)SCC3)cc1. The molecule has 0 spiro atoms. The second kappa shape index (κ2) is 9.10. The third kappa shape index (κ3) is 4.33. The molecule has 1 N–H and O–H groups in total. The smallest absolute Gasteiger partial charge is 0.257 e. The number of nitrogens with zero attached hydrogens (tertiary/aromatic N) is 2. The molecule has 0 aliphatic carbocycles. The molecule has 0 radical (unpaired) electrons. The summed E-state index contributed by atoms with van der Waals surface area (Å²) >= 11 is 1.79. The molecule has 0 saturated carbocycles. The summed E-state index contributed by atoms with van der Waals surface area (Å²) < 4.78 is 7.53. The Labute approximate surface area is 191 Å². The van der Waals surface area contributed by atoms with Crippen LogP contribution in [0.2, 0.25) is 0 Å². The van der Waals surface area contributed by atoms with Crippen LogP contribution in [0.25, 0.3) is 10.9 Å². The van der Waals surface area contributed by atoms with Crippen LogP contribution in [0.5, 0.6) is 0 Å². The number of morpholine rings is 1. The van der Waals surface area contributed by atoms with Gasteiger partial charge in [-0.2, -0.15) is 0 Å². The molecule has 0 atom stereocenters. The van der Waals surface area contributed by atoms with Crippen LogP contribution in [0, 0.1) is 6.92 Å². The summed E-state index contributed by atoms with van der Waals surface area (Å²) in [4.78, 5) is 29.8. The Hall–Kier alpha value is -2.61. The Bertz CT molecular complexity index is 1210. The number of carbonyl (C=O) groups excluding carboxylic acids is 1. The lowest BCUT2D eigenvalue weighted by molar-refractivity contribution is 0.0342. The van der Waals surface area contributed by atoms with Gasteiger partial charge >= 0.3 is 0 Å². The van der Waals surface area contributed by atoms with Gasteiger partial charge in [0.1, 0.15) is 5.56 Å². The molecule has 2 aliphatic heterocycles. The van der Waals surface area contributed by atoms with Crippen molar-refractivity contribution in [3.63, 3.8) is 0 Å². The fraction of sp³-hybridized carbons (Fsp3) is 0.360. The van der Waals surface area contributed by atoms with E-state index in [9.17, 15) is 9.59 Å². The normalized spacial score (nSPS) is 16.3. The van der Waals surface area contributed by atoms with Crippen LogP contribution in [0.3, 0.4) is 0 Å². The van der Waals surface area contributed by atoms with E-state index in [1.165, 1.54) is 5.56 Å². The summed E-state index contributed by atoms with van der Waals surface area (Å²) in [5, 5.41) is 3.56. The second-order valence-electron chi connectivity index (χ2n) is 8.46. The zero-order valence-electron chi connectivity index (χ0n) is 18.2. The first-order valence-corrected chi connectivity index (χ1v) is 12.0. The van der Waals surface area contributed by atoms with E-state index in [0.717, 1.165) is 66.7 Å². The van der Waals surface area contributed by atoms with E-state index in [1.54, 1.807) is 18.0 Å². The minimum Gasteiger partial charge on any atom is -0.379 e. The Morgan fingerprint density at radius 2 is 1.88 bits per heavy atom. The highest BCUT2D eigenvalue weighted by atomic mass is 32.2. The standard InChI is InChI=1S/C25H27N3O3S/c1-17-2-4-18(5-3-17)14-26-25(30)21-16-28-8-11-32-22-13-19(12-20(23(22)28)24(21)29)15-27-6-9-31-10-7-27/h2-5,12-13,16H,6-11,14-15H2,1H3,(H,26,30). The van der Waals surface area contributed by atoms with Gasteiger partial charge in [-0.1, -0.05) is 29.8 Å². The van der Waals surface area contributed by atoms with Crippen LogP contribution in [0.1, 0.15) is 27.0 Å². The number of amides is 1. The van der Waals surface area contributed by atoms with E-state index < -0.39 is 0 Å². The largest absolute Gasteiger partial charge is 0.379 e. The molecule has 0 unspecified atom stereocenters. The maximum Gasteiger partial charge on any atom is 0.257 e. The fourth-order valence-electron chi connectivity index (χ4n) is 4.35. The summed E-state index contributed by atoms with van der Waals surface area (Å²) in [6.07, 6.45) is 1.74. The van der Waals surface area contributed by atoms with Crippen LogP contribution >= 0.6 is 11.8 Å². The molecule has 166 valence electrons. The first-order valence-electron chi connectivity index (χ1n) is 11.1. The van der Waals surface area contributed by atoms with Crippen LogP contribution in [0.4, 0.5) is 0 Å². The Morgan fingerprint density at radius 3 is 2.66 bits per heavy atom. The minimum absolute atomic E-state index is 0.190. The average molecular weight is 450 g/mol. The summed E-state index contributed by atoms with van der Waals surface area (Å²) in [5.41, 5.74) is 4.28. The fourth-order valence-corrected chi connectivity index (χ4v) is 5.46. The lowest BCUT2D eigenvalue weighted by Gasteiger charge is -2.27. The topological polar surface area (TPSA) is 63.6 Å². The number of aryl methyl sites for hydroxylation is 2. The highest BCUT2D eigenvalue weighted by Gasteiger charge is 2.21. The van der Waals surface area contributed by atoms with Crippen molar-refractivity contribution in [2.24, 2.45) is 0 Å². The van der Waals surface area contributed by atoms with Crippen LogP contribution in [-0.4, -0.2) is 47.4 Å². The van der Waals surface area contributed by atoms with Gasteiger partial charge in [-0.25, -0.2) is 0 Å². The first-order chi connectivity index (χ1) is 15.6.